The van der Waals surface area contributed by atoms with Gasteiger partial charge in [-0.2, -0.15) is 5.10 Å². The van der Waals surface area contributed by atoms with Gasteiger partial charge in [-0.15, -0.1) is 0 Å². The number of rotatable bonds is 5. The van der Waals surface area contributed by atoms with Crippen molar-refractivity contribution in [1.29, 1.82) is 0 Å². The van der Waals surface area contributed by atoms with E-state index in [1.54, 1.807) is 0 Å². The third kappa shape index (κ3) is 3.20. The highest BCUT2D eigenvalue weighted by atomic mass is 15.3. The summed E-state index contributed by atoms with van der Waals surface area (Å²) in [6.45, 7) is 15.0. The van der Waals surface area contributed by atoms with Crippen molar-refractivity contribution in [1.82, 2.24) is 14.6 Å². The zero-order valence-corrected chi connectivity index (χ0v) is 17.1. The molecule has 2 aromatic heterocycles. The number of aromatic nitrogens is 3. The number of nitrogens with zero attached hydrogens (tertiary/aromatic N) is 3. The molecule has 0 radical (unpaired) electrons. The summed E-state index contributed by atoms with van der Waals surface area (Å²) in [7, 11) is 0. The monoisotopic (exact) mass is 350 g/mol. The van der Waals surface area contributed by atoms with E-state index in [1.165, 1.54) is 22.3 Å². The van der Waals surface area contributed by atoms with E-state index in [9.17, 15) is 0 Å². The molecule has 0 bridgehead atoms. The fourth-order valence-corrected chi connectivity index (χ4v) is 3.91. The van der Waals surface area contributed by atoms with E-state index in [0.29, 0.717) is 6.04 Å². The molecule has 4 nitrogen and oxygen atoms in total. The van der Waals surface area contributed by atoms with E-state index in [0.717, 1.165) is 41.3 Å². The van der Waals surface area contributed by atoms with Crippen LogP contribution in [0.5, 0.6) is 0 Å². The predicted octanol–water partition coefficient (Wildman–Crippen LogP) is 5.54. The van der Waals surface area contributed by atoms with Crippen molar-refractivity contribution in [2.75, 3.05) is 5.32 Å². The number of aryl methyl sites for hydroxylation is 5. The maximum Gasteiger partial charge on any atom is 0.162 e. The summed E-state index contributed by atoms with van der Waals surface area (Å²) in [5.41, 5.74) is 9.17. The summed E-state index contributed by atoms with van der Waals surface area (Å²) in [6, 6.07) is 7.04. The molecule has 26 heavy (non-hydrogen) atoms. The largest absolute Gasteiger partial charge is 0.380 e. The normalized spacial score (nSPS) is 11.5. The van der Waals surface area contributed by atoms with E-state index in [1.807, 2.05) is 11.4 Å². The van der Waals surface area contributed by atoms with Crippen LogP contribution in [-0.4, -0.2) is 20.6 Å². The molecule has 0 fully saturated rings. The molecule has 0 unspecified atom stereocenters. The Hall–Kier alpha value is -2.36. The molecule has 138 valence electrons. The predicted molar refractivity (Wildman–Crippen MR) is 110 cm³/mol. The highest BCUT2D eigenvalue weighted by molar-refractivity contribution is 5.79. The first-order chi connectivity index (χ1) is 12.3. The van der Waals surface area contributed by atoms with Gasteiger partial charge >= 0.3 is 0 Å². The number of benzene rings is 1. The lowest BCUT2D eigenvalue weighted by Crippen LogP contribution is -2.18. The van der Waals surface area contributed by atoms with Gasteiger partial charge < -0.3 is 5.32 Å². The van der Waals surface area contributed by atoms with Crippen molar-refractivity contribution in [2.45, 2.75) is 67.3 Å². The van der Waals surface area contributed by atoms with E-state index in [-0.39, 0.29) is 0 Å². The number of fused-ring (bicyclic) bond motifs is 1. The average Bonchev–Trinajstić information content (AvgIpc) is 2.88. The van der Waals surface area contributed by atoms with Gasteiger partial charge in [-0.1, -0.05) is 31.5 Å². The molecular weight excluding hydrogens is 320 g/mol. The standard InChI is InChI=1S/C22H30N4/c1-8-18(9-2)24-19-12-16(6)25-26-21(19)17(7)23-22(26)20-14(4)10-13(3)11-15(20)5/h10-12,18,24H,8-9H2,1-7H3. The second-order valence-corrected chi connectivity index (χ2v) is 7.41. The van der Waals surface area contributed by atoms with Crippen molar-refractivity contribution in [3.05, 3.63) is 46.3 Å². The van der Waals surface area contributed by atoms with Gasteiger partial charge in [0.1, 0.15) is 5.52 Å². The molecule has 4 heteroatoms. The molecular formula is C22H30N4. The lowest BCUT2D eigenvalue weighted by molar-refractivity contribution is 0.671. The molecule has 0 saturated carbocycles. The van der Waals surface area contributed by atoms with Crippen LogP contribution in [-0.2, 0) is 0 Å². The number of nitrogens with one attached hydrogen (secondary N) is 1. The van der Waals surface area contributed by atoms with Crippen LogP contribution >= 0.6 is 0 Å². The molecule has 0 saturated heterocycles. The van der Waals surface area contributed by atoms with Gasteiger partial charge in [0.25, 0.3) is 0 Å². The first-order valence-electron chi connectivity index (χ1n) is 9.57. The van der Waals surface area contributed by atoms with Gasteiger partial charge in [-0.05, 0) is 64.7 Å². The van der Waals surface area contributed by atoms with E-state index >= 15 is 0 Å². The Morgan fingerprint density at radius 3 is 2.15 bits per heavy atom. The first-order valence-corrected chi connectivity index (χ1v) is 9.57. The van der Waals surface area contributed by atoms with Crippen LogP contribution in [0.25, 0.3) is 16.9 Å². The Kier molecular flexibility index (Phi) is 5.03. The molecule has 0 aliphatic carbocycles. The molecule has 0 amide bonds. The van der Waals surface area contributed by atoms with Crippen molar-refractivity contribution in [2.24, 2.45) is 0 Å². The fourth-order valence-electron chi connectivity index (χ4n) is 3.91. The highest BCUT2D eigenvalue weighted by Gasteiger charge is 2.19. The number of hydrogen-bond acceptors (Lipinski definition) is 3. The van der Waals surface area contributed by atoms with Crippen LogP contribution < -0.4 is 5.32 Å². The van der Waals surface area contributed by atoms with E-state index in [2.05, 4.69) is 65.1 Å². The molecule has 3 rings (SSSR count). The first kappa shape index (κ1) is 18.4. The van der Waals surface area contributed by atoms with Crippen molar-refractivity contribution >= 4 is 11.2 Å². The molecule has 0 spiro atoms. The zero-order valence-electron chi connectivity index (χ0n) is 17.1. The Morgan fingerprint density at radius 1 is 0.962 bits per heavy atom. The van der Waals surface area contributed by atoms with Gasteiger partial charge in [0, 0.05) is 11.6 Å². The van der Waals surface area contributed by atoms with Crippen LogP contribution in [0.2, 0.25) is 0 Å². The van der Waals surface area contributed by atoms with E-state index < -0.39 is 0 Å². The SMILES string of the molecule is CCC(CC)Nc1cc(C)nn2c(-c3c(C)cc(C)cc3C)nc(C)c12. The summed E-state index contributed by atoms with van der Waals surface area (Å²) in [5, 5.41) is 8.52. The Bertz CT molecular complexity index is 925. The lowest BCUT2D eigenvalue weighted by Gasteiger charge is -2.18. The lowest BCUT2D eigenvalue weighted by atomic mass is 9.99. The molecule has 1 aromatic carbocycles. The van der Waals surface area contributed by atoms with Crippen LogP contribution in [0.15, 0.2) is 18.2 Å². The van der Waals surface area contributed by atoms with Crippen LogP contribution in [0.3, 0.4) is 0 Å². The summed E-state index contributed by atoms with van der Waals surface area (Å²) >= 11 is 0. The number of imidazole rings is 1. The maximum atomic E-state index is 4.93. The molecule has 3 aromatic rings. The van der Waals surface area contributed by atoms with Gasteiger partial charge in [0.2, 0.25) is 0 Å². The highest BCUT2D eigenvalue weighted by Crippen LogP contribution is 2.32. The minimum absolute atomic E-state index is 0.459. The second kappa shape index (κ2) is 7.10. The number of hydrogen-bond donors (Lipinski definition) is 1. The third-order valence-electron chi connectivity index (χ3n) is 5.14. The molecule has 2 heterocycles. The Labute approximate surface area is 156 Å². The summed E-state index contributed by atoms with van der Waals surface area (Å²) in [6.07, 6.45) is 2.19. The summed E-state index contributed by atoms with van der Waals surface area (Å²) in [5.74, 6) is 0.934. The van der Waals surface area contributed by atoms with E-state index in [4.69, 9.17) is 10.1 Å². The van der Waals surface area contributed by atoms with Crippen molar-refractivity contribution in [3.8, 4) is 11.4 Å². The Balaban J connectivity index is 2.26. The minimum atomic E-state index is 0.459. The molecule has 0 atom stereocenters. The average molecular weight is 351 g/mol. The van der Waals surface area contributed by atoms with Crippen molar-refractivity contribution < 1.29 is 0 Å². The quantitative estimate of drug-likeness (QED) is 0.657. The van der Waals surface area contributed by atoms with Crippen LogP contribution in [0.4, 0.5) is 5.69 Å². The van der Waals surface area contributed by atoms with Crippen molar-refractivity contribution in [3.63, 3.8) is 0 Å². The number of anilines is 1. The van der Waals surface area contributed by atoms with Crippen LogP contribution in [0, 0.1) is 34.6 Å². The molecule has 0 aliphatic rings. The van der Waals surface area contributed by atoms with Gasteiger partial charge in [0.05, 0.1) is 17.1 Å². The van der Waals surface area contributed by atoms with Gasteiger partial charge in [-0.3, -0.25) is 0 Å². The third-order valence-corrected chi connectivity index (χ3v) is 5.14. The van der Waals surface area contributed by atoms with Gasteiger partial charge in [-0.25, -0.2) is 9.50 Å². The smallest absolute Gasteiger partial charge is 0.162 e. The minimum Gasteiger partial charge on any atom is -0.380 e. The summed E-state index contributed by atoms with van der Waals surface area (Å²) in [4.78, 5) is 4.93. The zero-order chi connectivity index (χ0) is 19.0. The van der Waals surface area contributed by atoms with Gasteiger partial charge in [0.15, 0.2) is 5.82 Å². The second-order valence-electron chi connectivity index (χ2n) is 7.41. The maximum absolute atomic E-state index is 4.93. The fraction of sp³-hybridized carbons (Fsp3) is 0.455. The topological polar surface area (TPSA) is 42.2 Å². The summed E-state index contributed by atoms with van der Waals surface area (Å²) < 4.78 is 2.03. The van der Waals surface area contributed by atoms with Crippen LogP contribution in [0.1, 0.15) is 54.8 Å². The molecule has 1 N–H and O–H groups in total. The molecule has 0 aliphatic heterocycles. The Morgan fingerprint density at radius 2 is 1.58 bits per heavy atom.